The second kappa shape index (κ2) is 5.73. The second-order valence-corrected chi connectivity index (χ2v) is 5.40. The minimum absolute atomic E-state index is 0.285. The molecule has 2 rings (SSSR count). The SMILES string of the molecule is Cc1cccc(Cl)c1Nc1nnc(C)c(C)c1C(N)=S. The van der Waals surface area contributed by atoms with Crippen LogP contribution in [0.5, 0.6) is 0 Å². The van der Waals surface area contributed by atoms with E-state index in [1.54, 1.807) is 0 Å². The van der Waals surface area contributed by atoms with Crippen molar-refractivity contribution in [1.82, 2.24) is 10.2 Å². The van der Waals surface area contributed by atoms with Crippen molar-refractivity contribution in [1.29, 1.82) is 0 Å². The first-order valence-corrected chi connectivity index (χ1v) is 6.86. The zero-order valence-corrected chi connectivity index (χ0v) is 13.1. The Labute approximate surface area is 128 Å². The summed E-state index contributed by atoms with van der Waals surface area (Å²) in [7, 11) is 0. The number of para-hydroxylation sites is 1. The maximum Gasteiger partial charge on any atom is 0.163 e. The Bertz CT molecular complexity index is 665. The molecule has 104 valence electrons. The van der Waals surface area contributed by atoms with Crippen LogP contribution in [0.1, 0.15) is 22.4 Å². The van der Waals surface area contributed by atoms with Crippen LogP contribution in [0.4, 0.5) is 11.5 Å². The van der Waals surface area contributed by atoms with Gasteiger partial charge in [0.05, 0.1) is 22.0 Å². The van der Waals surface area contributed by atoms with E-state index in [0.717, 1.165) is 22.5 Å². The van der Waals surface area contributed by atoms with Gasteiger partial charge in [0.2, 0.25) is 0 Å². The Balaban J connectivity index is 2.55. The smallest absolute Gasteiger partial charge is 0.163 e. The van der Waals surface area contributed by atoms with Gasteiger partial charge in [0, 0.05) is 0 Å². The lowest BCUT2D eigenvalue weighted by molar-refractivity contribution is 0.963. The lowest BCUT2D eigenvalue weighted by atomic mass is 10.1. The first kappa shape index (κ1) is 14.7. The molecule has 0 aliphatic heterocycles. The fourth-order valence-corrected chi connectivity index (χ4v) is 2.42. The molecule has 1 aromatic heterocycles. The Morgan fingerprint density at radius 1 is 1.25 bits per heavy atom. The average molecular weight is 307 g/mol. The van der Waals surface area contributed by atoms with Crippen LogP contribution in [0.3, 0.4) is 0 Å². The standard InChI is InChI=1S/C14H15ClN4S/c1-7-5-4-6-10(15)12(7)17-14-11(13(16)20)8(2)9(3)18-19-14/h4-6H,1-3H3,(H2,16,20)(H,17,19). The number of nitrogens with zero attached hydrogens (tertiary/aromatic N) is 2. The molecule has 0 amide bonds. The second-order valence-electron chi connectivity index (χ2n) is 4.56. The average Bonchev–Trinajstić information content (AvgIpc) is 2.37. The number of nitrogens with one attached hydrogen (secondary N) is 1. The summed E-state index contributed by atoms with van der Waals surface area (Å²) in [6.07, 6.45) is 0. The first-order valence-electron chi connectivity index (χ1n) is 6.07. The van der Waals surface area contributed by atoms with Crippen molar-refractivity contribution < 1.29 is 0 Å². The monoisotopic (exact) mass is 306 g/mol. The number of aromatic nitrogens is 2. The highest BCUT2D eigenvalue weighted by atomic mass is 35.5. The van der Waals surface area contributed by atoms with E-state index in [1.165, 1.54) is 0 Å². The van der Waals surface area contributed by atoms with Crippen LogP contribution in [0.15, 0.2) is 18.2 Å². The van der Waals surface area contributed by atoms with Gasteiger partial charge in [-0.15, -0.1) is 5.10 Å². The minimum atomic E-state index is 0.285. The summed E-state index contributed by atoms with van der Waals surface area (Å²) >= 11 is 11.3. The molecule has 2 aromatic rings. The van der Waals surface area contributed by atoms with Crippen molar-refractivity contribution in [3.63, 3.8) is 0 Å². The number of rotatable bonds is 3. The third-order valence-corrected chi connectivity index (χ3v) is 3.69. The third kappa shape index (κ3) is 2.73. The first-order chi connectivity index (χ1) is 9.41. The summed E-state index contributed by atoms with van der Waals surface area (Å²) in [5.74, 6) is 0.525. The summed E-state index contributed by atoms with van der Waals surface area (Å²) in [5.41, 5.74) is 10.0. The van der Waals surface area contributed by atoms with Gasteiger partial charge >= 0.3 is 0 Å². The van der Waals surface area contributed by atoms with Crippen molar-refractivity contribution in [2.24, 2.45) is 5.73 Å². The van der Waals surface area contributed by atoms with Crippen LogP contribution in [0.2, 0.25) is 5.02 Å². The van der Waals surface area contributed by atoms with E-state index in [9.17, 15) is 0 Å². The van der Waals surface area contributed by atoms with Gasteiger partial charge in [0.25, 0.3) is 0 Å². The zero-order chi connectivity index (χ0) is 14.9. The highest BCUT2D eigenvalue weighted by molar-refractivity contribution is 7.80. The summed E-state index contributed by atoms with van der Waals surface area (Å²) in [5, 5.41) is 12.1. The molecule has 1 heterocycles. The number of anilines is 2. The fourth-order valence-electron chi connectivity index (χ4n) is 1.91. The fraction of sp³-hybridized carbons (Fsp3) is 0.214. The lowest BCUT2D eigenvalue weighted by Crippen LogP contribution is -2.17. The molecule has 0 saturated carbocycles. The predicted octanol–water partition coefficient (Wildman–Crippen LogP) is 3.43. The zero-order valence-electron chi connectivity index (χ0n) is 11.5. The van der Waals surface area contributed by atoms with Crippen LogP contribution in [0, 0.1) is 20.8 Å². The predicted molar refractivity (Wildman–Crippen MR) is 86.9 cm³/mol. The number of halogens is 1. The molecule has 0 atom stereocenters. The number of hydrogen-bond acceptors (Lipinski definition) is 4. The van der Waals surface area contributed by atoms with E-state index in [1.807, 2.05) is 39.0 Å². The van der Waals surface area contributed by atoms with Crippen LogP contribution in [-0.4, -0.2) is 15.2 Å². The number of aryl methyl sites for hydroxylation is 2. The maximum absolute atomic E-state index is 6.21. The van der Waals surface area contributed by atoms with Crippen LogP contribution in [0.25, 0.3) is 0 Å². The number of hydrogen-bond donors (Lipinski definition) is 2. The Morgan fingerprint density at radius 2 is 1.95 bits per heavy atom. The molecule has 20 heavy (non-hydrogen) atoms. The van der Waals surface area contributed by atoms with Crippen LogP contribution >= 0.6 is 23.8 Å². The largest absolute Gasteiger partial charge is 0.389 e. The summed E-state index contributed by atoms with van der Waals surface area (Å²) in [6.45, 7) is 5.75. The van der Waals surface area contributed by atoms with Crippen molar-refractivity contribution in [2.45, 2.75) is 20.8 Å². The van der Waals surface area contributed by atoms with E-state index in [2.05, 4.69) is 15.5 Å². The van der Waals surface area contributed by atoms with Crippen molar-refractivity contribution in [3.05, 3.63) is 45.6 Å². The molecule has 4 nitrogen and oxygen atoms in total. The van der Waals surface area contributed by atoms with Gasteiger partial charge in [-0.2, -0.15) is 5.10 Å². The molecule has 0 fully saturated rings. The molecule has 0 spiro atoms. The van der Waals surface area contributed by atoms with E-state index < -0.39 is 0 Å². The third-order valence-electron chi connectivity index (χ3n) is 3.17. The van der Waals surface area contributed by atoms with E-state index in [0.29, 0.717) is 16.4 Å². The topological polar surface area (TPSA) is 63.8 Å². The van der Waals surface area contributed by atoms with Crippen LogP contribution < -0.4 is 11.1 Å². The molecule has 0 aliphatic rings. The highest BCUT2D eigenvalue weighted by Crippen LogP contribution is 2.30. The Morgan fingerprint density at radius 3 is 2.55 bits per heavy atom. The van der Waals surface area contributed by atoms with Crippen molar-refractivity contribution in [2.75, 3.05) is 5.32 Å². The van der Waals surface area contributed by atoms with Gasteiger partial charge in [-0.05, 0) is 38.0 Å². The Kier molecular flexibility index (Phi) is 4.20. The molecule has 3 N–H and O–H groups in total. The maximum atomic E-state index is 6.21. The number of thiocarbonyl (C=S) groups is 1. The molecule has 0 unspecified atom stereocenters. The highest BCUT2D eigenvalue weighted by Gasteiger charge is 2.15. The molecule has 0 bridgehead atoms. The van der Waals surface area contributed by atoms with Crippen molar-refractivity contribution in [3.8, 4) is 0 Å². The molecule has 0 aliphatic carbocycles. The van der Waals surface area contributed by atoms with Gasteiger partial charge in [-0.25, -0.2) is 0 Å². The lowest BCUT2D eigenvalue weighted by Gasteiger charge is -2.15. The van der Waals surface area contributed by atoms with Gasteiger partial charge in [-0.1, -0.05) is 36.0 Å². The summed E-state index contributed by atoms with van der Waals surface area (Å²) < 4.78 is 0. The minimum Gasteiger partial charge on any atom is -0.389 e. The molecular formula is C14H15ClN4S. The number of nitrogens with two attached hydrogens (primary N) is 1. The molecule has 6 heteroatoms. The quantitative estimate of drug-likeness (QED) is 0.851. The normalized spacial score (nSPS) is 10.4. The van der Waals surface area contributed by atoms with Gasteiger partial charge in [0.15, 0.2) is 5.82 Å². The van der Waals surface area contributed by atoms with Gasteiger partial charge < -0.3 is 11.1 Å². The number of benzene rings is 1. The van der Waals surface area contributed by atoms with Crippen LogP contribution in [-0.2, 0) is 0 Å². The molecule has 1 aromatic carbocycles. The Hall–Kier alpha value is -1.72. The van der Waals surface area contributed by atoms with Crippen molar-refractivity contribution >= 4 is 40.3 Å². The molecular weight excluding hydrogens is 292 g/mol. The summed E-state index contributed by atoms with van der Waals surface area (Å²) in [4.78, 5) is 0.285. The molecule has 0 saturated heterocycles. The van der Waals surface area contributed by atoms with Gasteiger partial charge in [-0.3, -0.25) is 0 Å². The van der Waals surface area contributed by atoms with Gasteiger partial charge in [0.1, 0.15) is 4.99 Å². The molecule has 0 radical (unpaired) electrons. The summed E-state index contributed by atoms with van der Waals surface area (Å²) in [6, 6.07) is 5.67. The van der Waals surface area contributed by atoms with E-state index in [4.69, 9.17) is 29.6 Å². The van der Waals surface area contributed by atoms with E-state index >= 15 is 0 Å². The van der Waals surface area contributed by atoms with E-state index in [-0.39, 0.29) is 4.99 Å².